The van der Waals surface area contributed by atoms with E-state index < -0.39 is 0 Å². The molecule has 0 saturated carbocycles. The molecule has 0 heterocycles. The maximum Gasteiger partial charge on any atom is 0.262 e. The van der Waals surface area contributed by atoms with Crippen molar-refractivity contribution in [3.63, 3.8) is 0 Å². The van der Waals surface area contributed by atoms with Gasteiger partial charge in [0, 0.05) is 5.69 Å². The Kier molecular flexibility index (Phi) is 6.25. The number of hydrogen-bond donors (Lipinski definition) is 1. The van der Waals surface area contributed by atoms with Crippen LogP contribution < -0.4 is 19.5 Å². The van der Waals surface area contributed by atoms with Gasteiger partial charge in [0.1, 0.15) is 23.9 Å². The number of rotatable bonds is 8. The van der Waals surface area contributed by atoms with Gasteiger partial charge in [-0.05, 0) is 61.0 Å². The van der Waals surface area contributed by atoms with Crippen molar-refractivity contribution < 1.29 is 19.0 Å². The van der Waals surface area contributed by atoms with Crippen molar-refractivity contribution in [2.75, 3.05) is 25.6 Å². The Morgan fingerprint density at radius 3 is 1.96 bits per heavy atom. The number of benzene rings is 2. The van der Waals surface area contributed by atoms with Crippen LogP contribution in [-0.2, 0) is 4.79 Å². The summed E-state index contributed by atoms with van der Waals surface area (Å²) in [5.41, 5.74) is 1.63. The van der Waals surface area contributed by atoms with Crippen LogP contribution in [0.25, 0.3) is 0 Å². The van der Waals surface area contributed by atoms with Gasteiger partial charge in [-0.2, -0.15) is 0 Å². The highest BCUT2D eigenvalue weighted by molar-refractivity contribution is 5.91. The number of carbonyl (C=O) groups is 1. The minimum atomic E-state index is -0.235. The predicted molar refractivity (Wildman–Crippen MR) is 93.9 cm³/mol. The van der Waals surface area contributed by atoms with Crippen LogP contribution in [0.2, 0.25) is 0 Å². The van der Waals surface area contributed by atoms with Crippen LogP contribution in [0.3, 0.4) is 0 Å². The Morgan fingerprint density at radius 2 is 1.42 bits per heavy atom. The van der Waals surface area contributed by atoms with Gasteiger partial charge in [0.2, 0.25) is 0 Å². The van der Waals surface area contributed by atoms with Gasteiger partial charge in [0.05, 0.1) is 7.11 Å². The van der Waals surface area contributed by atoms with Gasteiger partial charge in [0.25, 0.3) is 5.91 Å². The second-order valence-corrected chi connectivity index (χ2v) is 5.28. The molecule has 5 heteroatoms. The first-order valence-corrected chi connectivity index (χ1v) is 7.51. The van der Waals surface area contributed by atoms with E-state index in [9.17, 15) is 4.79 Å². The van der Waals surface area contributed by atoms with Crippen molar-refractivity contribution in [2.24, 2.45) is 0 Å². The average molecular weight is 327 g/mol. The van der Waals surface area contributed by atoms with E-state index in [4.69, 9.17) is 14.2 Å². The minimum Gasteiger partial charge on any atom is -0.497 e. The summed E-state index contributed by atoms with van der Waals surface area (Å²) in [7, 11) is 1.60. The van der Waals surface area contributed by atoms with Gasteiger partial charge >= 0.3 is 0 Å². The normalized spacial score (nSPS) is 9.92. The summed E-state index contributed by atoms with van der Waals surface area (Å²) in [6, 6.07) is 14.2. The molecule has 2 rings (SSSR count). The van der Waals surface area contributed by atoms with Crippen molar-refractivity contribution in [2.45, 2.75) is 6.92 Å². The number of hydrogen-bond acceptors (Lipinski definition) is 4. The van der Waals surface area contributed by atoms with Crippen molar-refractivity contribution in [3.05, 3.63) is 60.7 Å². The second-order valence-electron chi connectivity index (χ2n) is 5.28. The lowest BCUT2D eigenvalue weighted by atomic mass is 10.3. The zero-order chi connectivity index (χ0) is 17.4. The summed E-state index contributed by atoms with van der Waals surface area (Å²) in [6.07, 6.45) is 0. The van der Waals surface area contributed by atoms with Crippen LogP contribution in [0.4, 0.5) is 5.69 Å². The third kappa shape index (κ3) is 5.68. The van der Waals surface area contributed by atoms with Gasteiger partial charge in [-0.1, -0.05) is 6.58 Å². The highest BCUT2D eigenvalue weighted by Crippen LogP contribution is 2.18. The molecule has 2 aromatic rings. The van der Waals surface area contributed by atoms with Crippen molar-refractivity contribution >= 4 is 11.6 Å². The lowest BCUT2D eigenvalue weighted by molar-refractivity contribution is -0.118. The zero-order valence-electron chi connectivity index (χ0n) is 13.9. The SMILES string of the molecule is C=C(C)COc1ccc(NC(=O)COc2ccc(OC)cc2)cc1. The maximum absolute atomic E-state index is 11.9. The van der Waals surface area contributed by atoms with Crippen LogP contribution in [0.15, 0.2) is 60.7 Å². The molecular formula is C19H21NO4. The molecule has 2 aromatic carbocycles. The number of anilines is 1. The summed E-state index contributed by atoms with van der Waals surface area (Å²) in [5, 5.41) is 2.77. The monoisotopic (exact) mass is 327 g/mol. The topological polar surface area (TPSA) is 56.8 Å². The highest BCUT2D eigenvalue weighted by Gasteiger charge is 2.04. The molecule has 0 aromatic heterocycles. The number of nitrogens with one attached hydrogen (secondary N) is 1. The molecule has 1 N–H and O–H groups in total. The molecule has 0 fully saturated rings. The van der Waals surface area contributed by atoms with E-state index in [-0.39, 0.29) is 12.5 Å². The van der Waals surface area contributed by atoms with Crippen molar-refractivity contribution in [1.82, 2.24) is 0 Å². The lowest BCUT2D eigenvalue weighted by Gasteiger charge is -2.09. The summed E-state index contributed by atoms with van der Waals surface area (Å²) in [6.45, 7) is 6.08. The molecule has 0 aliphatic heterocycles. The van der Waals surface area contributed by atoms with Gasteiger partial charge < -0.3 is 19.5 Å². The van der Waals surface area contributed by atoms with Gasteiger partial charge in [0.15, 0.2) is 6.61 Å². The Labute approximate surface area is 141 Å². The molecule has 0 aliphatic carbocycles. The molecule has 1 amide bonds. The van der Waals surface area contributed by atoms with Crippen molar-refractivity contribution in [1.29, 1.82) is 0 Å². The molecule has 0 bridgehead atoms. The smallest absolute Gasteiger partial charge is 0.262 e. The minimum absolute atomic E-state index is 0.0692. The molecule has 0 saturated heterocycles. The Bertz CT molecular complexity index is 678. The molecule has 0 unspecified atom stereocenters. The van der Waals surface area contributed by atoms with Crippen molar-refractivity contribution in [3.8, 4) is 17.2 Å². The number of carbonyl (C=O) groups excluding carboxylic acids is 1. The van der Waals surface area contributed by atoms with Crippen LogP contribution in [-0.4, -0.2) is 26.2 Å². The van der Waals surface area contributed by atoms with E-state index in [0.717, 1.165) is 17.1 Å². The fourth-order valence-electron chi connectivity index (χ4n) is 1.86. The van der Waals surface area contributed by atoms with Crippen LogP contribution in [0, 0.1) is 0 Å². The lowest BCUT2D eigenvalue weighted by Crippen LogP contribution is -2.20. The first-order chi connectivity index (χ1) is 11.6. The number of methoxy groups -OCH3 is 1. The van der Waals surface area contributed by atoms with E-state index in [1.807, 2.05) is 6.92 Å². The summed E-state index contributed by atoms with van der Waals surface area (Å²) in [4.78, 5) is 11.9. The second kappa shape index (κ2) is 8.62. The van der Waals surface area contributed by atoms with Crippen LogP contribution in [0.1, 0.15) is 6.92 Å². The summed E-state index contributed by atoms with van der Waals surface area (Å²) in [5.74, 6) is 1.84. The van der Waals surface area contributed by atoms with E-state index in [1.54, 1.807) is 55.6 Å². The number of amides is 1. The average Bonchev–Trinajstić information content (AvgIpc) is 2.60. The predicted octanol–water partition coefficient (Wildman–Crippen LogP) is 3.67. The van der Waals surface area contributed by atoms with E-state index in [2.05, 4.69) is 11.9 Å². The first-order valence-electron chi connectivity index (χ1n) is 7.51. The summed E-state index contributed by atoms with van der Waals surface area (Å²) >= 11 is 0. The molecular weight excluding hydrogens is 306 g/mol. The Balaban J connectivity index is 1.79. The molecule has 24 heavy (non-hydrogen) atoms. The third-order valence-corrected chi connectivity index (χ3v) is 3.05. The largest absolute Gasteiger partial charge is 0.497 e. The van der Waals surface area contributed by atoms with Crippen LogP contribution in [0.5, 0.6) is 17.2 Å². The van der Waals surface area contributed by atoms with E-state index >= 15 is 0 Å². The van der Waals surface area contributed by atoms with E-state index in [0.29, 0.717) is 18.0 Å². The zero-order valence-corrected chi connectivity index (χ0v) is 13.9. The van der Waals surface area contributed by atoms with Gasteiger partial charge in [-0.15, -0.1) is 0 Å². The van der Waals surface area contributed by atoms with Gasteiger partial charge in [-0.25, -0.2) is 0 Å². The molecule has 126 valence electrons. The molecule has 5 nitrogen and oxygen atoms in total. The summed E-state index contributed by atoms with van der Waals surface area (Å²) < 4.78 is 16.0. The molecule has 0 atom stereocenters. The molecule has 0 radical (unpaired) electrons. The fraction of sp³-hybridized carbons (Fsp3) is 0.211. The van der Waals surface area contributed by atoms with Gasteiger partial charge in [-0.3, -0.25) is 4.79 Å². The Morgan fingerprint density at radius 1 is 0.917 bits per heavy atom. The van der Waals surface area contributed by atoms with E-state index in [1.165, 1.54) is 0 Å². The highest BCUT2D eigenvalue weighted by atomic mass is 16.5. The quantitative estimate of drug-likeness (QED) is 0.752. The van der Waals surface area contributed by atoms with Crippen LogP contribution >= 0.6 is 0 Å². The molecule has 0 aliphatic rings. The Hall–Kier alpha value is -2.95. The fourth-order valence-corrected chi connectivity index (χ4v) is 1.86. The third-order valence-electron chi connectivity index (χ3n) is 3.05. The first kappa shape index (κ1) is 17.4. The number of ether oxygens (including phenoxy) is 3. The standard InChI is InChI=1S/C19H21NO4/c1-14(2)12-23-17-6-4-15(5-7-17)20-19(21)13-24-18-10-8-16(22-3)9-11-18/h4-11H,1,12-13H2,2-3H3,(H,20,21). The maximum atomic E-state index is 11.9. The molecule has 0 spiro atoms.